The van der Waals surface area contributed by atoms with Crippen molar-refractivity contribution in [2.24, 2.45) is 0 Å². The van der Waals surface area contributed by atoms with Crippen LogP contribution in [0.4, 0.5) is 0 Å². The predicted octanol–water partition coefficient (Wildman–Crippen LogP) is 5.51. The molecule has 1 aliphatic rings. The fourth-order valence-electron chi connectivity index (χ4n) is 3.83. The number of unbranched alkanes of at least 4 members (excludes halogenated alkanes) is 10. The minimum atomic E-state index is -0.0791. The van der Waals surface area contributed by atoms with Gasteiger partial charge >= 0.3 is 5.97 Å². The van der Waals surface area contributed by atoms with Gasteiger partial charge in [0.2, 0.25) is 0 Å². The summed E-state index contributed by atoms with van der Waals surface area (Å²) in [7, 11) is 0. The highest BCUT2D eigenvalue weighted by atomic mass is 16.5. The molecule has 1 fully saturated rings. The molecule has 0 heterocycles. The van der Waals surface area contributed by atoms with Crippen molar-refractivity contribution in [3.8, 4) is 0 Å². The number of carbonyl (C=O) groups excluding carboxylic acids is 1. The van der Waals surface area contributed by atoms with E-state index < -0.39 is 0 Å². The van der Waals surface area contributed by atoms with Crippen LogP contribution in [0.3, 0.4) is 0 Å². The number of aliphatic hydroxyl groups excluding tert-OH is 1. The van der Waals surface area contributed by atoms with Crippen LogP contribution in [0.2, 0.25) is 0 Å². The molecule has 1 saturated carbocycles. The van der Waals surface area contributed by atoms with E-state index in [-0.39, 0.29) is 12.1 Å². The van der Waals surface area contributed by atoms with Crippen molar-refractivity contribution < 1.29 is 14.6 Å². The highest BCUT2D eigenvalue weighted by Gasteiger charge is 2.18. The lowest BCUT2D eigenvalue weighted by atomic mass is 9.93. The molecule has 2 N–H and O–H groups in total. The van der Waals surface area contributed by atoms with Gasteiger partial charge in [0, 0.05) is 12.5 Å². The second-order valence-electron chi connectivity index (χ2n) is 8.32. The van der Waals surface area contributed by atoms with Crippen LogP contribution < -0.4 is 5.32 Å². The Hall–Kier alpha value is -0.610. The Morgan fingerprint density at radius 2 is 1.44 bits per heavy atom. The van der Waals surface area contributed by atoms with Crippen molar-refractivity contribution in [2.45, 2.75) is 128 Å². The Labute approximate surface area is 167 Å². The molecule has 0 amide bonds. The summed E-state index contributed by atoms with van der Waals surface area (Å²) in [6, 6.07) is 0.578. The molecule has 0 aromatic carbocycles. The van der Waals surface area contributed by atoms with Gasteiger partial charge in [-0.1, -0.05) is 64.7 Å². The lowest BCUT2D eigenvalue weighted by molar-refractivity contribution is -0.143. The molecule has 1 aliphatic carbocycles. The smallest absolute Gasteiger partial charge is 0.305 e. The van der Waals surface area contributed by atoms with E-state index in [0.717, 1.165) is 57.9 Å². The molecule has 4 heteroatoms. The third kappa shape index (κ3) is 15.0. The monoisotopic (exact) mass is 383 g/mol. The number of ether oxygens (including phenoxy) is 1. The predicted molar refractivity (Wildman–Crippen MR) is 113 cm³/mol. The van der Waals surface area contributed by atoms with Crippen LogP contribution in [0.25, 0.3) is 0 Å². The van der Waals surface area contributed by atoms with Gasteiger partial charge in [-0.05, 0) is 51.5 Å². The van der Waals surface area contributed by atoms with Gasteiger partial charge in [0.25, 0.3) is 0 Å². The van der Waals surface area contributed by atoms with Gasteiger partial charge in [-0.3, -0.25) is 4.79 Å². The van der Waals surface area contributed by atoms with Crippen LogP contribution in [0.5, 0.6) is 0 Å². The molecule has 0 aromatic heterocycles. The number of hydrogen-bond donors (Lipinski definition) is 2. The Morgan fingerprint density at radius 3 is 2.11 bits per heavy atom. The molecule has 0 unspecified atom stereocenters. The van der Waals surface area contributed by atoms with Crippen molar-refractivity contribution >= 4 is 5.97 Å². The molecule has 0 bridgehead atoms. The second-order valence-corrected chi connectivity index (χ2v) is 8.32. The largest absolute Gasteiger partial charge is 0.466 e. The van der Waals surface area contributed by atoms with Gasteiger partial charge in [0.1, 0.15) is 0 Å². The fourth-order valence-corrected chi connectivity index (χ4v) is 3.83. The average molecular weight is 384 g/mol. The Balaban J connectivity index is 1.77. The molecule has 160 valence electrons. The molecule has 0 spiro atoms. The van der Waals surface area contributed by atoms with Crippen LogP contribution in [0.1, 0.15) is 116 Å². The van der Waals surface area contributed by atoms with E-state index in [0.29, 0.717) is 19.1 Å². The summed E-state index contributed by atoms with van der Waals surface area (Å²) < 4.78 is 5.34. The number of hydrogen-bond acceptors (Lipinski definition) is 4. The maximum atomic E-state index is 11.7. The van der Waals surface area contributed by atoms with E-state index in [1.165, 1.54) is 51.4 Å². The van der Waals surface area contributed by atoms with Crippen molar-refractivity contribution in [1.82, 2.24) is 5.32 Å². The molecule has 0 radical (unpaired) electrons. The third-order valence-corrected chi connectivity index (χ3v) is 5.70. The first-order valence-electron chi connectivity index (χ1n) is 11.8. The van der Waals surface area contributed by atoms with Gasteiger partial charge in [-0.15, -0.1) is 0 Å². The van der Waals surface area contributed by atoms with Gasteiger partial charge in [0.05, 0.1) is 12.7 Å². The van der Waals surface area contributed by atoms with E-state index in [2.05, 4.69) is 12.2 Å². The molecule has 1 rings (SSSR count). The Kier molecular flexibility index (Phi) is 15.8. The Bertz CT molecular complexity index is 341. The van der Waals surface area contributed by atoms with Crippen LogP contribution >= 0.6 is 0 Å². The second kappa shape index (κ2) is 17.5. The quantitative estimate of drug-likeness (QED) is 0.257. The number of carbonyl (C=O) groups is 1. The van der Waals surface area contributed by atoms with E-state index in [1.807, 2.05) is 0 Å². The summed E-state index contributed by atoms with van der Waals surface area (Å²) in [5, 5.41) is 13.1. The van der Waals surface area contributed by atoms with Crippen molar-refractivity contribution in [3.05, 3.63) is 0 Å². The van der Waals surface area contributed by atoms with Crippen LogP contribution in [0.15, 0.2) is 0 Å². The van der Waals surface area contributed by atoms with Crippen molar-refractivity contribution in [2.75, 3.05) is 13.2 Å². The zero-order valence-corrected chi connectivity index (χ0v) is 17.9. The van der Waals surface area contributed by atoms with E-state index >= 15 is 0 Å². The zero-order chi connectivity index (χ0) is 19.6. The first kappa shape index (κ1) is 24.4. The molecule has 0 aromatic rings. The molecule has 0 atom stereocenters. The average Bonchev–Trinajstić information content (AvgIpc) is 2.67. The maximum absolute atomic E-state index is 11.7. The summed E-state index contributed by atoms with van der Waals surface area (Å²) in [5.41, 5.74) is 0. The molecular weight excluding hydrogens is 338 g/mol. The summed E-state index contributed by atoms with van der Waals surface area (Å²) >= 11 is 0. The summed E-state index contributed by atoms with van der Waals surface area (Å²) in [4.78, 5) is 11.7. The van der Waals surface area contributed by atoms with Crippen LogP contribution in [-0.4, -0.2) is 36.4 Å². The summed E-state index contributed by atoms with van der Waals surface area (Å²) in [6.45, 7) is 3.88. The number of aliphatic hydroxyl groups is 1. The van der Waals surface area contributed by atoms with Crippen LogP contribution in [0, 0.1) is 0 Å². The molecule has 0 saturated heterocycles. The van der Waals surface area contributed by atoms with Gasteiger partial charge < -0.3 is 15.2 Å². The first-order chi connectivity index (χ1) is 13.2. The van der Waals surface area contributed by atoms with Gasteiger partial charge in [0.15, 0.2) is 0 Å². The summed E-state index contributed by atoms with van der Waals surface area (Å²) in [5.74, 6) is -0.0243. The minimum absolute atomic E-state index is 0.0243. The normalized spacial score (nSPS) is 19.9. The number of rotatable bonds is 17. The molecule has 4 nitrogen and oxygen atoms in total. The SMILES string of the molecule is CCCCCCCCCCCOC(=O)CCCCCNC1CCC(O)CC1. The van der Waals surface area contributed by atoms with E-state index in [1.54, 1.807) is 0 Å². The molecular formula is C23H45NO3. The fraction of sp³-hybridized carbons (Fsp3) is 0.957. The van der Waals surface area contributed by atoms with E-state index in [9.17, 15) is 9.90 Å². The molecule has 0 aliphatic heterocycles. The van der Waals surface area contributed by atoms with Crippen molar-refractivity contribution in [3.63, 3.8) is 0 Å². The highest BCUT2D eigenvalue weighted by molar-refractivity contribution is 5.69. The topological polar surface area (TPSA) is 58.6 Å². The number of esters is 1. The zero-order valence-electron chi connectivity index (χ0n) is 17.9. The minimum Gasteiger partial charge on any atom is -0.466 e. The maximum Gasteiger partial charge on any atom is 0.305 e. The van der Waals surface area contributed by atoms with Crippen molar-refractivity contribution in [1.29, 1.82) is 0 Å². The Morgan fingerprint density at radius 1 is 0.852 bits per heavy atom. The standard InChI is InChI=1S/C23H45NO3/c1-2-3-4-5-6-7-8-9-13-20-27-23(26)14-11-10-12-19-24-21-15-17-22(25)18-16-21/h21-22,24-25H,2-20H2,1H3. The van der Waals surface area contributed by atoms with Gasteiger partial charge in [-0.25, -0.2) is 0 Å². The summed E-state index contributed by atoms with van der Waals surface area (Å²) in [6.07, 6.45) is 19.3. The number of nitrogens with one attached hydrogen (secondary N) is 1. The third-order valence-electron chi connectivity index (χ3n) is 5.70. The van der Waals surface area contributed by atoms with Crippen LogP contribution in [-0.2, 0) is 9.53 Å². The molecule has 27 heavy (non-hydrogen) atoms. The van der Waals surface area contributed by atoms with Gasteiger partial charge in [-0.2, -0.15) is 0 Å². The first-order valence-corrected chi connectivity index (χ1v) is 11.8. The highest BCUT2D eigenvalue weighted by Crippen LogP contribution is 2.18. The lowest BCUT2D eigenvalue weighted by Crippen LogP contribution is -2.35. The lowest BCUT2D eigenvalue weighted by Gasteiger charge is -2.26. The van der Waals surface area contributed by atoms with E-state index in [4.69, 9.17) is 4.74 Å².